The van der Waals surface area contributed by atoms with E-state index < -0.39 is 26.5 Å². The van der Waals surface area contributed by atoms with Crippen LogP contribution in [-0.2, 0) is 32.7 Å². The van der Waals surface area contributed by atoms with Crippen molar-refractivity contribution in [3.05, 3.63) is 12.2 Å². The van der Waals surface area contributed by atoms with Gasteiger partial charge in [0.05, 0.1) is 27.7 Å². The molecule has 2 atom stereocenters. The van der Waals surface area contributed by atoms with Crippen LogP contribution in [0.3, 0.4) is 0 Å². The van der Waals surface area contributed by atoms with E-state index in [9.17, 15) is 19.0 Å². The fraction of sp³-hybridized carbons (Fsp3) is 0.897. The lowest BCUT2D eigenvalue weighted by Crippen LogP contribution is -2.37. The number of rotatable bonds is 36. The molecule has 1 N–H and O–H groups in total. The van der Waals surface area contributed by atoms with E-state index in [-0.39, 0.29) is 25.6 Å². The Kier molecular flexibility index (Phi) is 31.8. The van der Waals surface area contributed by atoms with Crippen molar-refractivity contribution in [2.75, 3.05) is 47.5 Å². The molecule has 0 spiro atoms. The molecule has 49 heavy (non-hydrogen) atoms. The maximum atomic E-state index is 12.6. The molecule has 0 aliphatic rings. The third kappa shape index (κ3) is 36.3. The third-order valence-corrected chi connectivity index (χ3v) is 9.53. The first-order chi connectivity index (χ1) is 23.5. The van der Waals surface area contributed by atoms with Gasteiger partial charge in [-0.3, -0.25) is 18.6 Å². The lowest BCUT2D eigenvalue weighted by atomic mass is 10.0. The Morgan fingerprint density at radius 2 is 1.04 bits per heavy atom. The highest BCUT2D eigenvalue weighted by atomic mass is 31.2. The third-order valence-electron chi connectivity index (χ3n) is 8.55. The minimum absolute atomic E-state index is 0.0328. The standard InChI is InChI=1S/C39H76NO8P/c1-6-8-10-12-14-16-18-20-22-23-25-27-29-31-38(41)45-35-37(36-47-49(43,44)46-34-33-40(3,4)5)48-39(42)32-30-28-26-24-21-19-17-15-13-11-9-7-2/h15,17,37H,6-14,16,18-36H2,1-5H3/p+1/b17-15-/t37-/m1/s1. The first-order valence-corrected chi connectivity index (χ1v) is 21.4. The van der Waals surface area contributed by atoms with E-state index >= 15 is 0 Å². The molecule has 0 amide bonds. The van der Waals surface area contributed by atoms with E-state index in [1.54, 1.807) is 0 Å². The SMILES string of the molecule is CCCCC/C=C\CCCCCCCC(=O)O[C@H](COC(=O)CCCCCCCCCCCCCCC)COP(=O)(O)OCC[N+](C)(C)C. The van der Waals surface area contributed by atoms with E-state index in [0.717, 1.165) is 51.4 Å². The quantitative estimate of drug-likeness (QED) is 0.0224. The summed E-state index contributed by atoms with van der Waals surface area (Å²) >= 11 is 0. The maximum Gasteiger partial charge on any atom is 0.472 e. The molecule has 290 valence electrons. The van der Waals surface area contributed by atoms with E-state index in [4.69, 9.17) is 18.5 Å². The number of phosphoric acid groups is 1. The zero-order chi connectivity index (χ0) is 36.5. The average Bonchev–Trinajstić information content (AvgIpc) is 3.04. The number of hydrogen-bond acceptors (Lipinski definition) is 7. The van der Waals surface area contributed by atoms with Crippen LogP contribution in [0.5, 0.6) is 0 Å². The summed E-state index contributed by atoms with van der Waals surface area (Å²) in [6.07, 6.45) is 31.1. The number of allylic oxidation sites excluding steroid dienone is 2. The predicted octanol–water partition coefficient (Wildman–Crippen LogP) is 10.6. The van der Waals surface area contributed by atoms with Crippen LogP contribution in [0.4, 0.5) is 0 Å². The van der Waals surface area contributed by atoms with Crippen molar-refractivity contribution in [1.29, 1.82) is 0 Å². The molecule has 0 saturated heterocycles. The van der Waals surface area contributed by atoms with Gasteiger partial charge in [0.25, 0.3) is 0 Å². The molecule has 0 aliphatic carbocycles. The first kappa shape index (κ1) is 47.8. The second-order valence-corrected chi connectivity index (χ2v) is 16.1. The Morgan fingerprint density at radius 3 is 1.55 bits per heavy atom. The van der Waals surface area contributed by atoms with E-state index in [1.807, 2.05) is 21.1 Å². The maximum absolute atomic E-state index is 12.6. The highest BCUT2D eigenvalue weighted by Gasteiger charge is 2.27. The number of carbonyl (C=O) groups excluding carboxylic acids is 2. The number of hydrogen-bond donors (Lipinski definition) is 1. The number of ether oxygens (including phenoxy) is 2. The van der Waals surface area contributed by atoms with E-state index in [2.05, 4.69) is 26.0 Å². The highest BCUT2D eigenvalue weighted by molar-refractivity contribution is 7.47. The molecule has 10 heteroatoms. The molecule has 0 aromatic rings. The summed E-state index contributed by atoms with van der Waals surface area (Å²) in [7, 11) is 1.48. The van der Waals surface area contributed by atoms with Crippen LogP contribution in [0.25, 0.3) is 0 Å². The largest absolute Gasteiger partial charge is 0.472 e. The zero-order valence-corrected chi connectivity index (χ0v) is 33.3. The number of esters is 2. The Labute approximate surface area is 301 Å². The molecule has 0 radical (unpaired) electrons. The fourth-order valence-corrected chi connectivity index (χ4v) is 6.10. The van der Waals surface area contributed by atoms with Crippen LogP contribution in [0.1, 0.15) is 174 Å². The molecule has 0 bridgehead atoms. The van der Waals surface area contributed by atoms with Gasteiger partial charge in [-0.15, -0.1) is 0 Å². The van der Waals surface area contributed by atoms with Gasteiger partial charge < -0.3 is 18.9 Å². The van der Waals surface area contributed by atoms with Crippen LogP contribution in [0.2, 0.25) is 0 Å². The Bertz CT molecular complexity index is 860. The monoisotopic (exact) mass is 719 g/mol. The minimum atomic E-state index is -4.36. The number of carbonyl (C=O) groups is 2. The van der Waals surface area contributed by atoms with Crippen molar-refractivity contribution in [2.45, 2.75) is 180 Å². The van der Waals surface area contributed by atoms with Gasteiger partial charge in [-0.05, 0) is 38.5 Å². The number of unbranched alkanes of at least 4 members (excludes halogenated alkanes) is 20. The smallest absolute Gasteiger partial charge is 0.462 e. The molecule has 0 rings (SSSR count). The highest BCUT2D eigenvalue weighted by Crippen LogP contribution is 2.43. The van der Waals surface area contributed by atoms with Crippen molar-refractivity contribution >= 4 is 19.8 Å². The zero-order valence-electron chi connectivity index (χ0n) is 32.4. The molecule has 0 fully saturated rings. The molecule has 0 heterocycles. The lowest BCUT2D eigenvalue weighted by Gasteiger charge is -2.24. The molecule has 1 unspecified atom stereocenters. The van der Waals surface area contributed by atoms with Crippen LogP contribution >= 0.6 is 7.82 Å². The summed E-state index contributed by atoms with van der Waals surface area (Å²) < 4.78 is 34.2. The van der Waals surface area contributed by atoms with Crippen molar-refractivity contribution in [3.8, 4) is 0 Å². The van der Waals surface area contributed by atoms with Gasteiger partial charge in [-0.25, -0.2) is 4.57 Å². The number of quaternary nitrogens is 1. The lowest BCUT2D eigenvalue weighted by molar-refractivity contribution is -0.870. The normalized spacial score (nSPS) is 13.8. The molecule has 0 saturated carbocycles. The number of likely N-dealkylation sites (N-methyl/N-ethyl adjacent to an activating group) is 1. The van der Waals surface area contributed by atoms with Gasteiger partial charge in [-0.1, -0.05) is 135 Å². The number of nitrogens with zero attached hydrogens (tertiary/aromatic N) is 1. The van der Waals surface area contributed by atoms with Crippen molar-refractivity contribution in [1.82, 2.24) is 0 Å². The number of phosphoric ester groups is 1. The Balaban J connectivity index is 4.41. The molecular formula is C39H77NO8P+. The summed E-state index contributed by atoms with van der Waals surface area (Å²) in [6, 6.07) is 0. The van der Waals surface area contributed by atoms with Gasteiger partial charge in [0.2, 0.25) is 0 Å². The van der Waals surface area contributed by atoms with Gasteiger partial charge in [0.1, 0.15) is 19.8 Å². The summed E-state index contributed by atoms with van der Waals surface area (Å²) in [5.74, 6) is -0.804. The van der Waals surface area contributed by atoms with Crippen LogP contribution in [0, 0.1) is 0 Å². The van der Waals surface area contributed by atoms with Gasteiger partial charge in [0, 0.05) is 12.8 Å². The fourth-order valence-electron chi connectivity index (χ4n) is 5.36. The van der Waals surface area contributed by atoms with Crippen molar-refractivity contribution in [2.24, 2.45) is 0 Å². The van der Waals surface area contributed by atoms with Crippen molar-refractivity contribution < 1.29 is 42.1 Å². The van der Waals surface area contributed by atoms with Crippen LogP contribution in [-0.4, -0.2) is 74.9 Å². The second kappa shape index (κ2) is 32.6. The molecule has 0 aliphatic heterocycles. The summed E-state index contributed by atoms with van der Waals surface area (Å²) in [5, 5.41) is 0. The van der Waals surface area contributed by atoms with Gasteiger partial charge in [-0.2, -0.15) is 0 Å². The average molecular weight is 719 g/mol. The van der Waals surface area contributed by atoms with Gasteiger partial charge >= 0.3 is 19.8 Å². The predicted molar refractivity (Wildman–Crippen MR) is 201 cm³/mol. The minimum Gasteiger partial charge on any atom is -0.462 e. The first-order valence-electron chi connectivity index (χ1n) is 19.9. The molecule has 9 nitrogen and oxygen atoms in total. The molecular weight excluding hydrogens is 641 g/mol. The van der Waals surface area contributed by atoms with Crippen molar-refractivity contribution in [3.63, 3.8) is 0 Å². The van der Waals surface area contributed by atoms with E-state index in [1.165, 1.54) is 89.9 Å². The summed E-state index contributed by atoms with van der Waals surface area (Å²) in [4.78, 5) is 35.2. The van der Waals surface area contributed by atoms with E-state index in [0.29, 0.717) is 23.9 Å². The summed E-state index contributed by atoms with van der Waals surface area (Å²) in [5.41, 5.74) is 0. The van der Waals surface area contributed by atoms with Crippen LogP contribution in [0.15, 0.2) is 12.2 Å². The molecule has 0 aromatic carbocycles. The second-order valence-electron chi connectivity index (χ2n) is 14.7. The van der Waals surface area contributed by atoms with Crippen LogP contribution < -0.4 is 0 Å². The summed E-state index contributed by atoms with van der Waals surface area (Å²) in [6.45, 7) is 4.38. The Morgan fingerprint density at radius 1 is 0.612 bits per heavy atom. The topological polar surface area (TPSA) is 108 Å². The molecule has 0 aromatic heterocycles. The Hall–Kier alpha value is -1.25. The van der Waals surface area contributed by atoms with Gasteiger partial charge in [0.15, 0.2) is 6.10 Å².